The van der Waals surface area contributed by atoms with Crippen LogP contribution in [0.5, 0.6) is 11.5 Å². The van der Waals surface area contributed by atoms with E-state index in [4.69, 9.17) is 29.9 Å². The Morgan fingerprint density at radius 1 is 1.24 bits per heavy atom. The molecule has 29 heavy (non-hydrogen) atoms. The summed E-state index contributed by atoms with van der Waals surface area (Å²) >= 11 is 3.47. The van der Waals surface area contributed by atoms with Crippen LogP contribution in [0.3, 0.4) is 0 Å². The van der Waals surface area contributed by atoms with Crippen LogP contribution >= 0.6 is 15.9 Å². The van der Waals surface area contributed by atoms with Gasteiger partial charge in [-0.05, 0) is 38.5 Å². The van der Waals surface area contributed by atoms with Crippen molar-refractivity contribution in [3.05, 3.63) is 45.0 Å². The van der Waals surface area contributed by atoms with E-state index in [1.54, 1.807) is 32.9 Å². The first kappa shape index (κ1) is 22.1. The van der Waals surface area contributed by atoms with Crippen LogP contribution in [0.1, 0.15) is 32.3 Å². The van der Waals surface area contributed by atoms with Crippen molar-refractivity contribution in [1.29, 1.82) is 10.5 Å². The molecule has 0 saturated carbocycles. The van der Waals surface area contributed by atoms with Crippen LogP contribution in [0.15, 0.2) is 39.4 Å². The third-order valence-corrected chi connectivity index (χ3v) is 4.75. The van der Waals surface area contributed by atoms with Gasteiger partial charge in [0.1, 0.15) is 23.5 Å². The summed E-state index contributed by atoms with van der Waals surface area (Å²) in [6, 6.07) is 7.20. The number of hydrogen-bond acceptors (Lipinski definition) is 8. The smallest absolute Gasteiger partial charge is 0.338 e. The molecule has 1 aliphatic rings. The van der Waals surface area contributed by atoms with E-state index in [0.717, 1.165) is 0 Å². The molecule has 0 saturated heterocycles. The Labute approximate surface area is 177 Å². The molecule has 2 rings (SSSR count). The molecule has 0 amide bonds. The molecule has 152 valence electrons. The van der Waals surface area contributed by atoms with E-state index in [1.165, 1.54) is 0 Å². The zero-order chi connectivity index (χ0) is 21.6. The van der Waals surface area contributed by atoms with Gasteiger partial charge in [0.05, 0.1) is 24.7 Å². The van der Waals surface area contributed by atoms with Crippen LogP contribution in [-0.2, 0) is 14.3 Å². The molecule has 0 bridgehead atoms. The van der Waals surface area contributed by atoms with Gasteiger partial charge in [-0.25, -0.2) is 4.79 Å². The average Bonchev–Trinajstić information content (AvgIpc) is 2.67. The lowest BCUT2D eigenvalue weighted by molar-refractivity contribution is -0.139. The van der Waals surface area contributed by atoms with Gasteiger partial charge in [-0.3, -0.25) is 0 Å². The molecule has 1 heterocycles. The summed E-state index contributed by atoms with van der Waals surface area (Å²) < 4.78 is 22.2. The predicted octanol–water partition coefficient (Wildman–Crippen LogP) is 3.39. The molecule has 2 N–H and O–H groups in total. The summed E-state index contributed by atoms with van der Waals surface area (Å²) in [6.07, 6.45) is 0. The number of nitrogens with two attached hydrogens (primary N) is 1. The van der Waals surface area contributed by atoms with E-state index in [-0.39, 0.29) is 36.0 Å². The Morgan fingerprint density at radius 3 is 2.52 bits per heavy atom. The van der Waals surface area contributed by atoms with Gasteiger partial charge in [-0.15, -0.1) is 0 Å². The molecule has 1 aromatic rings. The van der Waals surface area contributed by atoms with Gasteiger partial charge in [-0.2, -0.15) is 10.5 Å². The number of carbonyl (C=O) groups excluding carboxylic acids is 1. The maximum Gasteiger partial charge on any atom is 0.338 e. The summed E-state index contributed by atoms with van der Waals surface area (Å²) in [5.74, 6) is -0.553. The Hall–Kier alpha value is -3.17. The molecular weight excluding hydrogens is 442 g/mol. The SMILES string of the molecule is CCOC(=O)C1=C(C)OC(N)=C(C#N)C1c1cc(OCC)c(OCC#N)cc1Br. The highest BCUT2D eigenvalue weighted by molar-refractivity contribution is 9.10. The van der Waals surface area contributed by atoms with Crippen molar-refractivity contribution in [2.75, 3.05) is 19.8 Å². The number of benzene rings is 1. The molecule has 1 aromatic carbocycles. The molecule has 9 heteroatoms. The van der Waals surface area contributed by atoms with E-state index in [0.29, 0.717) is 28.1 Å². The van der Waals surface area contributed by atoms with Gasteiger partial charge in [0.15, 0.2) is 18.1 Å². The third kappa shape index (κ3) is 4.64. The van der Waals surface area contributed by atoms with E-state index in [1.807, 2.05) is 12.1 Å². The van der Waals surface area contributed by atoms with Crippen LogP contribution in [0.2, 0.25) is 0 Å². The Bertz CT molecular complexity index is 956. The number of ether oxygens (including phenoxy) is 4. The summed E-state index contributed by atoms with van der Waals surface area (Å²) in [4.78, 5) is 12.7. The third-order valence-electron chi connectivity index (χ3n) is 4.07. The van der Waals surface area contributed by atoms with Crippen LogP contribution in [-0.4, -0.2) is 25.8 Å². The minimum atomic E-state index is -0.827. The minimum absolute atomic E-state index is 0.0764. The number of nitrogens with zero attached hydrogens (tertiary/aromatic N) is 2. The summed E-state index contributed by atoms with van der Waals surface area (Å²) in [7, 11) is 0. The predicted molar refractivity (Wildman–Crippen MR) is 106 cm³/mol. The molecule has 0 aromatic heterocycles. The minimum Gasteiger partial charge on any atom is -0.490 e. The summed E-state index contributed by atoms with van der Waals surface area (Å²) in [5.41, 5.74) is 6.72. The zero-order valence-electron chi connectivity index (χ0n) is 16.2. The van der Waals surface area contributed by atoms with Crippen LogP contribution in [0.4, 0.5) is 0 Å². The number of esters is 1. The van der Waals surface area contributed by atoms with Gasteiger partial charge in [-0.1, -0.05) is 15.9 Å². The van der Waals surface area contributed by atoms with Crippen LogP contribution < -0.4 is 15.2 Å². The first-order valence-electron chi connectivity index (χ1n) is 8.80. The molecule has 1 unspecified atom stereocenters. The highest BCUT2D eigenvalue weighted by Gasteiger charge is 2.37. The monoisotopic (exact) mass is 461 g/mol. The Kier molecular flexibility index (Phi) is 7.52. The quantitative estimate of drug-likeness (QED) is 0.611. The average molecular weight is 462 g/mol. The fourth-order valence-corrected chi connectivity index (χ4v) is 3.48. The number of hydrogen-bond donors (Lipinski definition) is 1. The van der Waals surface area contributed by atoms with Gasteiger partial charge >= 0.3 is 5.97 Å². The van der Waals surface area contributed by atoms with Crippen molar-refractivity contribution in [2.45, 2.75) is 26.7 Å². The van der Waals surface area contributed by atoms with E-state index in [2.05, 4.69) is 15.9 Å². The second kappa shape index (κ2) is 9.85. The molecule has 1 atom stereocenters. The van der Waals surface area contributed by atoms with Crippen molar-refractivity contribution >= 4 is 21.9 Å². The summed E-state index contributed by atoms with van der Waals surface area (Å²) in [6.45, 7) is 5.42. The van der Waals surface area contributed by atoms with Gasteiger partial charge < -0.3 is 24.7 Å². The molecule has 0 radical (unpaired) electrons. The number of halogens is 1. The lowest BCUT2D eigenvalue weighted by Gasteiger charge is -2.28. The number of nitriles is 2. The normalized spacial score (nSPS) is 15.9. The lowest BCUT2D eigenvalue weighted by atomic mass is 9.83. The van der Waals surface area contributed by atoms with Crippen molar-refractivity contribution in [3.63, 3.8) is 0 Å². The van der Waals surface area contributed by atoms with Crippen molar-refractivity contribution in [2.24, 2.45) is 5.73 Å². The number of rotatable bonds is 7. The highest BCUT2D eigenvalue weighted by Crippen LogP contribution is 2.45. The molecular formula is C20H20BrN3O5. The molecule has 0 fully saturated rings. The molecule has 1 aliphatic heterocycles. The van der Waals surface area contributed by atoms with E-state index >= 15 is 0 Å². The lowest BCUT2D eigenvalue weighted by Crippen LogP contribution is -2.25. The topological polar surface area (TPSA) is 128 Å². The highest BCUT2D eigenvalue weighted by atomic mass is 79.9. The van der Waals surface area contributed by atoms with E-state index < -0.39 is 11.9 Å². The van der Waals surface area contributed by atoms with Crippen LogP contribution in [0, 0.1) is 22.7 Å². The maximum absolute atomic E-state index is 12.7. The first-order chi connectivity index (χ1) is 13.9. The number of allylic oxidation sites excluding steroid dienone is 2. The maximum atomic E-state index is 12.7. The number of carbonyl (C=O) groups is 1. The second-order valence-electron chi connectivity index (χ2n) is 5.82. The van der Waals surface area contributed by atoms with Crippen molar-refractivity contribution in [3.8, 4) is 23.6 Å². The zero-order valence-corrected chi connectivity index (χ0v) is 17.8. The fraction of sp³-hybridized carbons (Fsp3) is 0.350. The van der Waals surface area contributed by atoms with E-state index in [9.17, 15) is 10.1 Å². The van der Waals surface area contributed by atoms with Crippen molar-refractivity contribution < 1.29 is 23.7 Å². The first-order valence-corrected chi connectivity index (χ1v) is 9.60. The fourth-order valence-electron chi connectivity index (χ4n) is 2.93. The van der Waals surface area contributed by atoms with Crippen molar-refractivity contribution in [1.82, 2.24) is 0 Å². The second-order valence-corrected chi connectivity index (χ2v) is 6.67. The molecule has 0 aliphatic carbocycles. The molecule has 0 spiro atoms. The standard InChI is InChI=1S/C20H20BrN3O5/c1-4-26-15-8-12(14(21)9-16(15)28-7-6-22)18-13(10-23)19(24)29-11(3)17(18)20(25)27-5-2/h8-9,18H,4-5,7,24H2,1-3H3. The van der Waals surface area contributed by atoms with Crippen LogP contribution in [0.25, 0.3) is 0 Å². The van der Waals surface area contributed by atoms with Gasteiger partial charge in [0.2, 0.25) is 5.88 Å². The Balaban J connectivity index is 2.70. The van der Waals surface area contributed by atoms with Gasteiger partial charge in [0.25, 0.3) is 0 Å². The Morgan fingerprint density at radius 2 is 1.93 bits per heavy atom. The van der Waals surface area contributed by atoms with Gasteiger partial charge in [0, 0.05) is 4.47 Å². The summed E-state index contributed by atoms with van der Waals surface area (Å²) in [5, 5.41) is 18.5. The largest absolute Gasteiger partial charge is 0.490 e. The molecule has 8 nitrogen and oxygen atoms in total.